The summed E-state index contributed by atoms with van der Waals surface area (Å²) in [4.78, 5) is 19.2. The monoisotopic (exact) mass is 275 g/mol. The molecule has 20 heavy (non-hydrogen) atoms. The Morgan fingerprint density at radius 1 is 1.35 bits per heavy atom. The van der Waals surface area contributed by atoms with Gasteiger partial charge in [-0.3, -0.25) is 0 Å². The van der Waals surface area contributed by atoms with Gasteiger partial charge in [0.25, 0.3) is 0 Å². The van der Waals surface area contributed by atoms with Crippen LogP contribution in [0.2, 0.25) is 0 Å². The summed E-state index contributed by atoms with van der Waals surface area (Å²) in [6.45, 7) is 1.53. The van der Waals surface area contributed by atoms with Crippen LogP contribution >= 0.6 is 0 Å². The van der Waals surface area contributed by atoms with E-state index in [4.69, 9.17) is 9.84 Å². The second kappa shape index (κ2) is 6.81. The predicted octanol–water partition coefficient (Wildman–Crippen LogP) is 2.17. The molecule has 0 fully saturated rings. The van der Waals surface area contributed by atoms with Crippen molar-refractivity contribution in [1.82, 2.24) is 9.97 Å². The number of nitrogens with zero attached hydrogens (tertiary/aromatic N) is 2. The molecule has 1 aromatic carbocycles. The zero-order valence-electron chi connectivity index (χ0n) is 11.3. The number of ether oxygens (including phenoxy) is 1. The number of benzene rings is 1. The van der Waals surface area contributed by atoms with Crippen molar-refractivity contribution < 1.29 is 14.6 Å². The number of aromatic carboxylic acids is 1. The number of carboxylic acids is 1. The number of methoxy groups -OCH3 is 1. The minimum absolute atomic E-state index is 0.224. The number of hydrogen-bond acceptors (Lipinski definition) is 5. The summed E-state index contributed by atoms with van der Waals surface area (Å²) in [5.74, 6) is -0.232. The molecule has 0 amide bonds. The first-order valence-corrected chi connectivity index (χ1v) is 6.43. The van der Waals surface area contributed by atoms with Crippen LogP contribution in [0, 0.1) is 0 Å². The molecule has 6 heteroatoms. The van der Waals surface area contributed by atoms with Gasteiger partial charge in [0.15, 0.2) is 0 Å². The Balaban J connectivity index is 2.11. The van der Waals surface area contributed by atoms with Crippen molar-refractivity contribution in [2.75, 3.05) is 25.6 Å². The van der Waals surface area contributed by atoms with Crippen LogP contribution in [0.5, 0.6) is 0 Å². The van der Waals surface area contributed by atoms with Gasteiger partial charge in [-0.25, -0.2) is 14.8 Å². The minimum atomic E-state index is -0.959. The summed E-state index contributed by atoms with van der Waals surface area (Å²) in [6.07, 6.45) is 3.40. The van der Waals surface area contributed by atoms with Crippen LogP contribution < -0.4 is 5.32 Å². The van der Waals surface area contributed by atoms with E-state index in [1.165, 1.54) is 6.33 Å². The second-order valence-electron chi connectivity index (χ2n) is 4.39. The third kappa shape index (κ3) is 3.42. The third-order valence-corrected chi connectivity index (χ3v) is 2.95. The van der Waals surface area contributed by atoms with Crippen molar-refractivity contribution in [2.24, 2.45) is 0 Å². The van der Waals surface area contributed by atoms with E-state index in [-0.39, 0.29) is 5.56 Å². The van der Waals surface area contributed by atoms with Gasteiger partial charge in [-0.15, -0.1) is 0 Å². The van der Waals surface area contributed by atoms with Gasteiger partial charge in [-0.05, 0) is 31.0 Å². The maximum atomic E-state index is 10.9. The van der Waals surface area contributed by atoms with Gasteiger partial charge in [0.2, 0.25) is 0 Å². The van der Waals surface area contributed by atoms with Crippen LogP contribution in [0.4, 0.5) is 5.82 Å². The number of aromatic nitrogens is 2. The highest BCUT2D eigenvalue weighted by molar-refractivity contribution is 5.96. The minimum Gasteiger partial charge on any atom is -0.478 e. The largest absolute Gasteiger partial charge is 0.478 e. The molecule has 2 rings (SSSR count). The summed E-state index contributed by atoms with van der Waals surface area (Å²) in [5, 5.41) is 13.0. The van der Waals surface area contributed by atoms with Crippen molar-refractivity contribution in [2.45, 2.75) is 12.8 Å². The van der Waals surface area contributed by atoms with E-state index in [1.807, 2.05) is 0 Å². The van der Waals surface area contributed by atoms with Crippen LogP contribution in [-0.4, -0.2) is 41.3 Å². The molecule has 106 valence electrons. The predicted molar refractivity (Wildman–Crippen MR) is 76.1 cm³/mol. The molecule has 1 aromatic heterocycles. The zero-order valence-corrected chi connectivity index (χ0v) is 11.3. The third-order valence-electron chi connectivity index (χ3n) is 2.95. The lowest BCUT2D eigenvalue weighted by Gasteiger charge is -2.08. The number of rotatable bonds is 7. The Hall–Kier alpha value is -2.21. The molecule has 0 saturated carbocycles. The highest BCUT2D eigenvalue weighted by Crippen LogP contribution is 2.20. The van der Waals surface area contributed by atoms with Gasteiger partial charge >= 0.3 is 5.97 Å². The van der Waals surface area contributed by atoms with Crippen molar-refractivity contribution in [3.8, 4) is 0 Å². The maximum absolute atomic E-state index is 10.9. The summed E-state index contributed by atoms with van der Waals surface area (Å²) in [7, 11) is 1.69. The van der Waals surface area contributed by atoms with Gasteiger partial charge in [0, 0.05) is 25.6 Å². The van der Waals surface area contributed by atoms with Crippen LogP contribution in [0.15, 0.2) is 24.5 Å². The molecule has 0 spiro atoms. The van der Waals surface area contributed by atoms with Crippen molar-refractivity contribution in [3.05, 3.63) is 30.1 Å². The van der Waals surface area contributed by atoms with E-state index >= 15 is 0 Å². The molecule has 0 aliphatic carbocycles. The molecule has 2 N–H and O–H groups in total. The number of anilines is 1. The first-order valence-electron chi connectivity index (χ1n) is 6.43. The average molecular weight is 275 g/mol. The highest BCUT2D eigenvalue weighted by atomic mass is 16.5. The number of nitrogens with one attached hydrogen (secondary N) is 1. The van der Waals surface area contributed by atoms with Crippen LogP contribution in [0.1, 0.15) is 23.2 Å². The number of fused-ring (bicyclic) bond motifs is 1. The van der Waals surface area contributed by atoms with E-state index in [0.717, 1.165) is 37.2 Å². The average Bonchev–Trinajstić information content (AvgIpc) is 2.46. The molecular formula is C14H17N3O3. The van der Waals surface area contributed by atoms with E-state index in [0.29, 0.717) is 5.52 Å². The Morgan fingerprint density at radius 3 is 2.95 bits per heavy atom. The van der Waals surface area contributed by atoms with Gasteiger partial charge in [0.05, 0.1) is 11.1 Å². The zero-order chi connectivity index (χ0) is 14.4. The number of unbranched alkanes of at least 4 members (excludes halogenated alkanes) is 1. The quantitative estimate of drug-likeness (QED) is 0.753. The van der Waals surface area contributed by atoms with Gasteiger partial charge in [-0.2, -0.15) is 0 Å². The summed E-state index contributed by atoms with van der Waals surface area (Å²) in [5.41, 5.74) is 0.849. The van der Waals surface area contributed by atoms with Gasteiger partial charge in [-0.1, -0.05) is 0 Å². The van der Waals surface area contributed by atoms with Gasteiger partial charge < -0.3 is 15.2 Å². The molecule has 0 unspecified atom stereocenters. The molecule has 6 nitrogen and oxygen atoms in total. The maximum Gasteiger partial charge on any atom is 0.335 e. The van der Waals surface area contributed by atoms with Crippen LogP contribution in [0.25, 0.3) is 10.9 Å². The van der Waals surface area contributed by atoms with Crippen molar-refractivity contribution in [1.29, 1.82) is 0 Å². The lowest BCUT2D eigenvalue weighted by atomic mass is 10.1. The standard InChI is InChI=1S/C14H17N3O3/c1-20-7-3-2-6-15-13-11-5-4-10(14(18)19)8-12(11)16-9-17-13/h4-5,8-9H,2-3,6-7H2,1H3,(H,18,19)(H,15,16,17). The van der Waals surface area contributed by atoms with E-state index in [1.54, 1.807) is 25.3 Å². The fourth-order valence-corrected chi connectivity index (χ4v) is 1.91. The fourth-order valence-electron chi connectivity index (χ4n) is 1.91. The van der Waals surface area contributed by atoms with Crippen molar-refractivity contribution in [3.63, 3.8) is 0 Å². The summed E-state index contributed by atoms with van der Waals surface area (Å²) < 4.78 is 4.99. The number of carbonyl (C=O) groups is 1. The van der Waals surface area contributed by atoms with E-state index in [9.17, 15) is 4.79 Å². The molecule has 0 saturated heterocycles. The topological polar surface area (TPSA) is 84.3 Å². The summed E-state index contributed by atoms with van der Waals surface area (Å²) in [6, 6.07) is 4.84. The molecule has 0 atom stereocenters. The second-order valence-corrected chi connectivity index (χ2v) is 4.39. The first-order chi connectivity index (χ1) is 9.72. The normalized spacial score (nSPS) is 10.7. The highest BCUT2D eigenvalue weighted by Gasteiger charge is 2.07. The molecule has 2 aromatic rings. The molecular weight excluding hydrogens is 258 g/mol. The van der Waals surface area contributed by atoms with Gasteiger partial charge in [0.1, 0.15) is 12.1 Å². The number of carboxylic acid groups (broad SMARTS) is 1. The SMILES string of the molecule is COCCCCNc1ncnc2cc(C(=O)O)ccc12. The summed E-state index contributed by atoms with van der Waals surface area (Å²) >= 11 is 0. The van der Waals surface area contributed by atoms with Crippen LogP contribution in [-0.2, 0) is 4.74 Å². The lowest BCUT2D eigenvalue weighted by Crippen LogP contribution is -2.06. The molecule has 1 heterocycles. The molecule has 0 radical (unpaired) electrons. The first kappa shape index (κ1) is 14.2. The Labute approximate surface area is 116 Å². The smallest absolute Gasteiger partial charge is 0.335 e. The van der Waals surface area contributed by atoms with Crippen LogP contribution in [0.3, 0.4) is 0 Å². The van der Waals surface area contributed by atoms with E-state index in [2.05, 4.69) is 15.3 Å². The Bertz CT molecular complexity index is 601. The van der Waals surface area contributed by atoms with E-state index < -0.39 is 5.97 Å². The molecule has 0 aliphatic rings. The fraction of sp³-hybridized carbons (Fsp3) is 0.357. The molecule has 0 aliphatic heterocycles. The molecule has 0 bridgehead atoms. The lowest BCUT2D eigenvalue weighted by molar-refractivity contribution is 0.0697. The Morgan fingerprint density at radius 2 is 2.20 bits per heavy atom. The van der Waals surface area contributed by atoms with Crippen molar-refractivity contribution >= 4 is 22.7 Å². The Kier molecular flexibility index (Phi) is 4.84. The number of hydrogen-bond donors (Lipinski definition) is 2.